The Labute approximate surface area is 114 Å². The van der Waals surface area contributed by atoms with Gasteiger partial charge in [0.05, 0.1) is 0 Å². The van der Waals surface area contributed by atoms with E-state index < -0.39 is 0 Å². The molecule has 1 fully saturated rings. The third-order valence-electron chi connectivity index (χ3n) is 4.44. The molecule has 19 heavy (non-hydrogen) atoms. The van der Waals surface area contributed by atoms with Crippen molar-refractivity contribution in [2.24, 2.45) is 17.8 Å². The fourth-order valence-corrected chi connectivity index (χ4v) is 3.34. The Morgan fingerprint density at radius 2 is 1.68 bits per heavy atom. The lowest BCUT2D eigenvalue weighted by molar-refractivity contribution is -0.123. The van der Waals surface area contributed by atoms with E-state index in [0.717, 1.165) is 12.8 Å². The van der Waals surface area contributed by atoms with Gasteiger partial charge >= 0.3 is 0 Å². The van der Waals surface area contributed by atoms with Crippen LogP contribution < -0.4 is 5.32 Å². The second-order valence-corrected chi connectivity index (χ2v) is 5.68. The molecule has 0 heterocycles. The zero-order valence-electron chi connectivity index (χ0n) is 11.2. The largest absolute Gasteiger partial charge is 0.352 e. The van der Waals surface area contributed by atoms with Crippen molar-refractivity contribution in [3.63, 3.8) is 0 Å². The van der Waals surface area contributed by atoms with E-state index in [1.807, 2.05) is 18.2 Å². The number of nitrogens with one attached hydrogen (secondary N) is 1. The number of carbonyl (C=O) groups excluding carboxylic acids is 1. The Morgan fingerprint density at radius 1 is 1.05 bits per heavy atom. The molecule has 0 bridgehead atoms. The van der Waals surface area contributed by atoms with E-state index >= 15 is 0 Å². The normalized spacial score (nSPS) is 28.9. The first kappa shape index (κ1) is 12.5. The van der Waals surface area contributed by atoms with Crippen LogP contribution in [0.1, 0.15) is 31.2 Å². The Morgan fingerprint density at radius 3 is 2.32 bits per heavy atom. The molecule has 100 valence electrons. The van der Waals surface area contributed by atoms with Gasteiger partial charge in [-0.2, -0.15) is 0 Å². The van der Waals surface area contributed by atoms with E-state index in [1.165, 1.54) is 18.4 Å². The first-order valence-corrected chi connectivity index (χ1v) is 7.33. The van der Waals surface area contributed by atoms with E-state index in [-0.39, 0.29) is 11.8 Å². The smallest absolute Gasteiger partial charge is 0.223 e. The Balaban J connectivity index is 1.52. The Kier molecular flexibility index (Phi) is 3.67. The highest BCUT2D eigenvalue weighted by atomic mass is 16.2. The van der Waals surface area contributed by atoms with E-state index in [2.05, 4.69) is 29.6 Å². The Hall–Kier alpha value is -1.57. The van der Waals surface area contributed by atoms with Crippen LogP contribution in [0.2, 0.25) is 0 Å². The van der Waals surface area contributed by atoms with E-state index in [4.69, 9.17) is 0 Å². The summed E-state index contributed by atoms with van der Waals surface area (Å²) < 4.78 is 0. The maximum Gasteiger partial charge on any atom is 0.223 e. The van der Waals surface area contributed by atoms with Crippen molar-refractivity contribution >= 4 is 5.91 Å². The van der Waals surface area contributed by atoms with Crippen molar-refractivity contribution in [2.45, 2.75) is 32.2 Å². The molecule has 1 N–H and O–H groups in total. The van der Waals surface area contributed by atoms with Crippen LogP contribution >= 0.6 is 0 Å². The zero-order chi connectivity index (χ0) is 13.1. The zero-order valence-corrected chi connectivity index (χ0v) is 11.2. The molecule has 2 atom stereocenters. The van der Waals surface area contributed by atoms with Gasteiger partial charge in [0.15, 0.2) is 0 Å². The molecule has 2 aliphatic rings. The molecule has 2 aliphatic carbocycles. The molecule has 1 saturated carbocycles. The van der Waals surface area contributed by atoms with Gasteiger partial charge in [-0.3, -0.25) is 4.79 Å². The minimum atomic E-state index is 0.265. The predicted octanol–water partition coefficient (Wildman–Crippen LogP) is 3.30. The van der Waals surface area contributed by atoms with Crippen molar-refractivity contribution in [3.8, 4) is 0 Å². The van der Waals surface area contributed by atoms with Crippen molar-refractivity contribution in [1.29, 1.82) is 0 Å². The molecule has 2 heteroatoms. The van der Waals surface area contributed by atoms with Gasteiger partial charge in [0.2, 0.25) is 5.91 Å². The number of allylic oxidation sites excluding steroid dienone is 2. The second kappa shape index (κ2) is 5.60. The highest BCUT2D eigenvalue weighted by molar-refractivity contribution is 5.82. The van der Waals surface area contributed by atoms with Crippen molar-refractivity contribution in [3.05, 3.63) is 48.0 Å². The first-order chi connectivity index (χ1) is 9.36. The molecule has 1 aromatic carbocycles. The standard InChI is InChI=1S/C17H21NO/c19-17(18-12-13-8-4-3-5-9-13)16-14-10-6-1-2-7-11-15(14)16/h1-5,8-9,14-16H,6-7,10-12H2,(H,18,19). The predicted molar refractivity (Wildman–Crippen MR) is 76.4 cm³/mol. The number of fused-ring (bicyclic) bond motifs is 1. The van der Waals surface area contributed by atoms with Gasteiger partial charge in [-0.05, 0) is 43.1 Å². The highest BCUT2D eigenvalue weighted by Crippen LogP contribution is 2.52. The van der Waals surface area contributed by atoms with Crippen LogP contribution in [0.25, 0.3) is 0 Å². The van der Waals surface area contributed by atoms with Crippen LogP contribution in [0.3, 0.4) is 0 Å². The summed E-state index contributed by atoms with van der Waals surface area (Å²) in [7, 11) is 0. The van der Waals surface area contributed by atoms with Gasteiger partial charge in [-0.15, -0.1) is 0 Å². The van der Waals surface area contributed by atoms with Crippen LogP contribution in [0, 0.1) is 17.8 Å². The minimum absolute atomic E-state index is 0.265. The van der Waals surface area contributed by atoms with Gasteiger partial charge < -0.3 is 5.32 Å². The van der Waals surface area contributed by atoms with Gasteiger partial charge in [-0.25, -0.2) is 0 Å². The second-order valence-electron chi connectivity index (χ2n) is 5.68. The summed E-state index contributed by atoms with van der Waals surface area (Å²) in [4.78, 5) is 12.2. The number of benzene rings is 1. The monoisotopic (exact) mass is 255 g/mol. The number of carbonyl (C=O) groups is 1. The minimum Gasteiger partial charge on any atom is -0.352 e. The molecular formula is C17H21NO. The number of hydrogen-bond acceptors (Lipinski definition) is 1. The van der Waals surface area contributed by atoms with Gasteiger partial charge in [0.25, 0.3) is 0 Å². The van der Waals surface area contributed by atoms with Crippen LogP contribution in [0.4, 0.5) is 0 Å². The van der Waals surface area contributed by atoms with Crippen molar-refractivity contribution < 1.29 is 4.79 Å². The summed E-state index contributed by atoms with van der Waals surface area (Å²) in [6.45, 7) is 0.661. The average Bonchev–Trinajstić information content (AvgIpc) is 3.08. The molecule has 2 unspecified atom stereocenters. The van der Waals surface area contributed by atoms with E-state index in [0.29, 0.717) is 18.4 Å². The lowest BCUT2D eigenvalue weighted by Gasteiger charge is -2.04. The lowest BCUT2D eigenvalue weighted by atomic mass is 10.1. The molecule has 0 spiro atoms. The van der Waals surface area contributed by atoms with Crippen molar-refractivity contribution in [2.75, 3.05) is 0 Å². The molecular weight excluding hydrogens is 234 g/mol. The van der Waals surface area contributed by atoms with Gasteiger partial charge in [-0.1, -0.05) is 42.5 Å². The van der Waals surface area contributed by atoms with Gasteiger partial charge in [0, 0.05) is 12.5 Å². The molecule has 2 nitrogen and oxygen atoms in total. The average molecular weight is 255 g/mol. The van der Waals surface area contributed by atoms with Crippen LogP contribution in [-0.4, -0.2) is 5.91 Å². The summed E-state index contributed by atoms with van der Waals surface area (Å²) in [5.74, 6) is 1.82. The summed E-state index contributed by atoms with van der Waals surface area (Å²) in [5, 5.41) is 3.10. The summed E-state index contributed by atoms with van der Waals surface area (Å²) in [5.41, 5.74) is 1.18. The van der Waals surface area contributed by atoms with Crippen molar-refractivity contribution in [1.82, 2.24) is 5.32 Å². The molecule has 0 aromatic heterocycles. The SMILES string of the molecule is O=C(NCc1ccccc1)C1C2CCC=CCCC21. The Bertz CT molecular complexity index is 449. The van der Waals surface area contributed by atoms with E-state index in [9.17, 15) is 4.79 Å². The topological polar surface area (TPSA) is 29.1 Å². The number of hydrogen-bond donors (Lipinski definition) is 1. The molecule has 3 rings (SSSR count). The number of amides is 1. The molecule has 0 radical (unpaired) electrons. The first-order valence-electron chi connectivity index (χ1n) is 7.33. The lowest BCUT2D eigenvalue weighted by Crippen LogP contribution is -2.25. The van der Waals surface area contributed by atoms with E-state index in [1.54, 1.807) is 0 Å². The molecule has 0 saturated heterocycles. The molecule has 1 amide bonds. The third-order valence-corrected chi connectivity index (χ3v) is 4.44. The maximum atomic E-state index is 12.2. The maximum absolute atomic E-state index is 12.2. The summed E-state index contributed by atoms with van der Waals surface area (Å²) in [6.07, 6.45) is 9.20. The number of rotatable bonds is 3. The quantitative estimate of drug-likeness (QED) is 0.825. The summed E-state index contributed by atoms with van der Waals surface area (Å²) in [6, 6.07) is 10.1. The highest BCUT2D eigenvalue weighted by Gasteiger charge is 2.52. The van der Waals surface area contributed by atoms with Gasteiger partial charge in [0.1, 0.15) is 0 Å². The molecule has 0 aliphatic heterocycles. The van der Waals surface area contributed by atoms with Crippen LogP contribution in [0.5, 0.6) is 0 Å². The van der Waals surface area contributed by atoms with Crippen LogP contribution in [0.15, 0.2) is 42.5 Å². The van der Waals surface area contributed by atoms with Crippen LogP contribution in [-0.2, 0) is 11.3 Å². The summed E-state index contributed by atoms with van der Waals surface area (Å²) >= 11 is 0. The molecule has 1 aromatic rings. The third kappa shape index (κ3) is 2.89. The fourth-order valence-electron chi connectivity index (χ4n) is 3.34. The fraction of sp³-hybridized carbons (Fsp3) is 0.471.